The summed E-state index contributed by atoms with van der Waals surface area (Å²) in [6.07, 6.45) is 3.83. The zero-order valence-electron chi connectivity index (χ0n) is 15.2. The summed E-state index contributed by atoms with van der Waals surface area (Å²) in [5.41, 5.74) is 3.07. The molecule has 1 amide bonds. The number of anilines is 1. The first-order valence-corrected chi connectivity index (χ1v) is 9.43. The normalized spacial score (nSPS) is 23.2. The zero-order valence-corrected chi connectivity index (χ0v) is 15.2. The first-order chi connectivity index (χ1) is 12.1. The fraction of sp³-hybridized carbons (Fsp3) is 0.409. The van der Waals surface area contributed by atoms with Crippen LogP contribution in [0.25, 0.3) is 11.1 Å². The summed E-state index contributed by atoms with van der Waals surface area (Å²) < 4.78 is 0. The van der Waals surface area contributed by atoms with Crippen LogP contribution in [0.3, 0.4) is 0 Å². The van der Waals surface area contributed by atoms with Gasteiger partial charge in [0, 0.05) is 17.2 Å². The van der Waals surface area contributed by atoms with Crippen molar-refractivity contribution in [3.05, 3.63) is 54.6 Å². The Labute approximate surface area is 150 Å². The molecule has 132 valence electrons. The van der Waals surface area contributed by atoms with Crippen LogP contribution in [0.1, 0.15) is 33.1 Å². The molecule has 0 heterocycles. The highest BCUT2D eigenvalue weighted by atomic mass is 16.1. The van der Waals surface area contributed by atoms with Crippen molar-refractivity contribution in [3.63, 3.8) is 0 Å². The fourth-order valence-electron chi connectivity index (χ4n) is 3.88. The molecule has 0 radical (unpaired) electrons. The number of benzene rings is 2. The van der Waals surface area contributed by atoms with E-state index in [0.717, 1.165) is 22.7 Å². The largest absolute Gasteiger partial charge is 0.336 e. The van der Waals surface area contributed by atoms with Gasteiger partial charge in [-0.3, -0.25) is 4.79 Å². The lowest BCUT2D eigenvalue weighted by molar-refractivity contribution is -0.688. The van der Waals surface area contributed by atoms with Crippen molar-refractivity contribution in [2.75, 3.05) is 11.9 Å². The van der Waals surface area contributed by atoms with E-state index in [2.05, 4.69) is 42.7 Å². The molecule has 2 aromatic carbocycles. The van der Waals surface area contributed by atoms with Gasteiger partial charge in [0.25, 0.3) is 5.91 Å². The summed E-state index contributed by atoms with van der Waals surface area (Å²) in [5.74, 6) is 1.52. The van der Waals surface area contributed by atoms with Gasteiger partial charge in [-0.25, -0.2) is 0 Å². The Bertz CT molecular complexity index is 698. The molecule has 3 N–H and O–H groups in total. The number of amides is 1. The van der Waals surface area contributed by atoms with Crippen molar-refractivity contribution < 1.29 is 10.1 Å². The second-order valence-electron chi connectivity index (χ2n) is 7.33. The predicted molar refractivity (Wildman–Crippen MR) is 103 cm³/mol. The summed E-state index contributed by atoms with van der Waals surface area (Å²) in [6, 6.07) is 18.8. The van der Waals surface area contributed by atoms with Gasteiger partial charge in [-0.2, -0.15) is 0 Å². The van der Waals surface area contributed by atoms with Gasteiger partial charge in [0.05, 0.1) is 6.04 Å². The van der Waals surface area contributed by atoms with Crippen LogP contribution in [-0.2, 0) is 4.79 Å². The maximum atomic E-state index is 12.5. The first kappa shape index (κ1) is 17.7. The van der Waals surface area contributed by atoms with Gasteiger partial charge in [-0.1, -0.05) is 62.4 Å². The van der Waals surface area contributed by atoms with E-state index in [1.165, 1.54) is 19.3 Å². The summed E-state index contributed by atoms with van der Waals surface area (Å²) in [7, 11) is 0. The Morgan fingerprint density at radius 3 is 2.56 bits per heavy atom. The van der Waals surface area contributed by atoms with E-state index in [1.807, 2.05) is 36.4 Å². The van der Waals surface area contributed by atoms with E-state index in [0.29, 0.717) is 18.5 Å². The molecular weight excluding hydrogens is 308 g/mol. The fourth-order valence-corrected chi connectivity index (χ4v) is 3.88. The van der Waals surface area contributed by atoms with Gasteiger partial charge in [-0.15, -0.1) is 0 Å². The quantitative estimate of drug-likeness (QED) is 0.859. The van der Waals surface area contributed by atoms with Crippen LogP contribution in [0.5, 0.6) is 0 Å². The minimum Gasteiger partial charge on any atom is -0.336 e. The zero-order chi connectivity index (χ0) is 17.6. The van der Waals surface area contributed by atoms with Gasteiger partial charge in [-0.05, 0) is 36.8 Å². The molecule has 0 saturated heterocycles. The SMILES string of the molecule is C[C@@H]1[C@H](C)CCC[C@H]1[NH2+]CC(=O)Nc1ccccc1-c1ccccc1. The maximum absolute atomic E-state index is 12.5. The summed E-state index contributed by atoms with van der Waals surface area (Å²) in [4.78, 5) is 12.5. The van der Waals surface area contributed by atoms with Crippen LogP contribution in [0.2, 0.25) is 0 Å². The minimum absolute atomic E-state index is 0.0776. The Hall–Kier alpha value is -2.13. The summed E-state index contributed by atoms with van der Waals surface area (Å²) in [6.45, 7) is 5.15. The number of hydrogen-bond acceptors (Lipinski definition) is 1. The average molecular weight is 337 g/mol. The topological polar surface area (TPSA) is 45.7 Å². The minimum atomic E-state index is 0.0776. The van der Waals surface area contributed by atoms with Gasteiger partial charge >= 0.3 is 0 Å². The molecule has 0 bridgehead atoms. The van der Waals surface area contributed by atoms with Crippen molar-refractivity contribution in [2.45, 2.75) is 39.2 Å². The van der Waals surface area contributed by atoms with Crippen molar-refractivity contribution in [2.24, 2.45) is 11.8 Å². The summed E-state index contributed by atoms with van der Waals surface area (Å²) in [5, 5.41) is 5.34. The highest BCUT2D eigenvalue weighted by Gasteiger charge is 2.29. The van der Waals surface area contributed by atoms with Gasteiger partial charge in [0.15, 0.2) is 6.54 Å². The third kappa shape index (κ3) is 4.49. The second-order valence-corrected chi connectivity index (χ2v) is 7.33. The molecule has 0 aliphatic heterocycles. The Kier molecular flexibility index (Phi) is 5.87. The maximum Gasteiger partial charge on any atom is 0.279 e. The Morgan fingerprint density at radius 1 is 1.04 bits per heavy atom. The standard InChI is InChI=1S/C22H28N2O/c1-16-9-8-14-20(17(16)2)23-15-22(25)24-21-13-7-6-12-19(21)18-10-4-3-5-11-18/h3-7,10-13,16-17,20,23H,8-9,14-15H2,1-2H3,(H,24,25)/p+1/t16-,17-,20-/m1/s1. The number of hydrogen-bond donors (Lipinski definition) is 2. The molecule has 2 aromatic rings. The monoisotopic (exact) mass is 337 g/mol. The number of nitrogens with two attached hydrogens (primary N) is 1. The van der Waals surface area contributed by atoms with Gasteiger partial charge in [0.1, 0.15) is 0 Å². The molecule has 3 nitrogen and oxygen atoms in total. The van der Waals surface area contributed by atoms with Crippen LogP contribution >= 0.6 is 0 Å². The first-order valence-electron chi connectivity index (χ1n) is 9.43. The molecular formula is C22H29N2O+. The summed E-state index contributed by atoms with van der Waals surface area (Å²) >= 11 is 0. The Morgan fingerprint density at radius 2 is 1.76 bits per heavy atom. The van der Waals surface area contributed by atoms with E-state index in [1.54, 1.807) is 0 Å². The molecule has 1 saturated carbocycles. The lowest BCUT2D eigenvalue weighted by Crippen LogP contribution is -2.93. The molecule has 1 aliphatic rings. The molecule has 1 fully saturated rings. The third-order valence-electron chi connectivity index (χ3n) is 5.66. The van der Waals surface area contributed by atoms with E-state index >= 15 is 0 Å². The molecule has 25 heavy (non-hydrogen) atoms. The molecule has 3 rings (SSSR count). The second kappa shape index (κ2) is 8.30. The lowest BCUT2D eigenvalue weighted by atomic mass is 9.78. The van der Waals surface area contributed by atoms with Crippen molar-refractivity contribution in [3.8, 4) is 11.1 Å². The van der Waals surface area contributed by atoms with Gasteiger partial charge < -0.3 is 10.6 Å². The molecule has 3 atom stereocenters. The molecule has 0 spiro atoms. The number of para-hydroxylation sites is 1. The molecule has 0 aromatic heterocycles. The van der Waals surface area contributed by atoms with Crippen LogP contribution in [0.15, 0.2) is 54.6 Å². The number of rotatable bonds is 5. The number of quaternary nitrogens is 1. The highest BCUT2D eigenvalue weighted by molar-refractivity contribution is 5.95. The van der Waals surface area contributed by atoms with Crippen LogP contribution in [-0.4, -0.2) is 18.5 Å². The van der Waals surface area contributed by atoms with Gasteiger partial charge in [0.2, 0.25) is 0 Å². The number of carbonyl (C=O) groups excluding carboxylic acids is 1. The van der Waals surface area contributed by atoms with Crippen molar-refractivity contribution >= 4 is 11.6 Å². The molecule has 3 heteroatoms. The van der Waals surface area contributed by atoms with E-state index in [4.69, 9.17) is 0 Å². The van der Waals surface area contributed by atoms with Crippen molar-refractivity contribution in [1.29, 1.82) is 0 Å². The lowest BCUT2D eigenvalue weighted by Gasteiger charge is -2.31. The predicted octanol–water partition coefficient (Wildman–Crippen LogP) is 3.68. The molecule has 0 unspecified atom stereocenters. The van der Waals surface area contributed by atoms with Crippen LogP contribution in [0, 0.1) is 11.8 Å². The Balaban J connectivity index is 1.62. The smallest absolute Gasteiger partial charge is 0.279 e. The average Bonchev–Trinajstić information content (AvgIpc) is 2.64. The number of carbonyl (C=O) groups is 1. The highest BCUT2D eigenvalue weighted by Crippen LogP contribution is 2.28. The third-order valence-corrected chi connectivity index (χ3v) is 5.66. The van der Waals surface area contributed by atoms with Crippen LogP contribution in [0.4, 0.5) is 5.69 Å². The van der Waals surface area contributed by atoms with E-state index in [9.17, 15) is 4.79 Å². The van der Waals surface area contributed by atoms with Crippen molar-refractivity contribution in [1.82, 2.24) is 0 Å². The number of nitrogens with one attached hydrogen (secondary N) is 1. The van der Waals surface area contributed by atoms with Crippen LogP contribution < -0.4 is 10.6 Å². The van der Waals surface area contributed by atoms with E-state index in [-0.39, 0.29) is 5.91 Å². The molecule has 1 aliphatic carbocycles. The van der Waals surface area contributed by atoms with E-state index < -0.39 is 0 Å².